The molecule has 7 heteroatoms. The summed E-state index contributed by atoms with van der Waals surface area (Å²) in [6, 6.07) is 8.19. The molecule has 26 heavy (non-hydrogen) atoms. The van der Waals surface area contributed by atoms with Crippen molar-refractivity contribution in [1.82, 2.24) is 10.3 Å². The lowest BCUT2D eigenvalue weighted by molar-refractivity contribution is -0.121. The number of benzene rings is 1. The summed E-state index contributed by atoms with van der Waals surface area (Å²) in [5, 5.41) is 13.0. The predicted octanol–water partition coefficient (Wildman–Crippen LogP) is 2.89. The highest BCUT2D eigenvalue weighted by atomic mass is 35.5. The van der Waals surface area contributed by atoms with Crippen molar-refractivity contribution >= 4 is 35.4 Å². The van der Waals surface area contributed by atoms with E-state index in [0.717, 1.165) is 27.4 Å². The number of halogens is 1. The number of amides is 1. The van der Waals surface area contributed by atoms with Gasteiger partial charge in [0.1, 0.15) is 0 Å². The predicted molar refractivity (Wildman–Crippen MR) is 106 cm³/mol. The number of aliphatic hydroxyl groups excluding tert-OH is 1. The summed E-state index contributed by atoms with van der Waals surface area (Å²) >= 11 is 1.63. The number of carbonyl (C=O) groups excluding carboxylic acids is 1. The molecule has 1 saturated heterocycles. The van der Waals surface area contributed by atoms with E-state index in [4.69, 9.17) is 0 Å². The molecule has 1 aromatic carbocycles. The Morgan fingerprint density at radius 1 is 1.31 bits per heavy atom. The van der Waals surface area contributed by atoms with Gasteiger partial charge in [0.2, 0.25) is 0 Å². The number of thiazole rings is 1. The van der Waals surface area contributed by atoms with Gasteiger partial charge in [-0.3, -0.25) is 4.79 Å². The van der Waals surface area contributed by atoms with Crippen LogP contribution < -0.4 is 5.32 Å². The van der Waals surface area contributed by atoms with Crippen LogP contribution in [0.2, 0.25) is 0 Å². The van der Waals surface area contributed by atoms with Gasteiger partial charge in [-0.1, -0.05) is 24.3 Å². The monoisotopic (exact) mass is 391 g/mol. The minimum absolute atomic E-state index is 0. The van der Waals surface area contributed by atoms with Crippen LogP contribution >= 0.6 is 23.7 Å². The quantitative estimate of drug-likeness (QED) is 0.843. The summed E-state index contributed by atoms with van der Waals surface area (Å²) in [4.78, 5) is 22.4. The van der Waals surface area contributed by atoms with Crippen LogP contribution in [0.4, 0.5) is 0 Å². The van der Waals surface area contributed by atoms with Gasteiger partial charge < -0.3 is 10.4 Å². The summed E-state index contributed by atoms with van der Waals surface area (Å²) in [5.74, 6) is -0.0904. The number of hydrogen-bond acceptors (Lipinski definition) is 5. The second kappa shape index (κ2) is 7.19. The van der Waals surface area contributed by atoms with Crippen molar-refractivity contribution in [1.29, 1.82) is 0 Å². The minimum atomic E-state index is -0.619. The lowest BCUT2D eigenvalue weighted by Crippen LogP contribution is -2.33. The number of aliphatic imine (C=N–C) groups is 1. The highest BCUT2D eigenvalue weighted by Gasteiger charge is 2.44. The van der Waals surface area contributed by atoms with Crippen molar-refractivity contribution in [2.45, 2.75) is 44.2 Å². The molecule has 0 spiro atoms. The van der Waals surface area contributed by atoms with Gasteiger partial charge >= 0.3 is 0 Å². The molecule has 1 aromatic heterocycles. The first-order valence-electron chi connectivity index (χ1n) is 8.52. The van der Waals surface area contributed by atoms with Crippen LogP contribution in [0.15, 0.2) is 34.8 Å². The molecular formula is C19H22ClN3O2S. The average molecular weight is 392 g/mol. The Morgan fingerprint density at radius 3 is 2.62 bits per heavy atom. The fourth-order valence-corrected chi connectivity index (χ4v) is 4.51. The summed E-state index contributed by atoms with van der Waals surface area (Å²) < 4.78 is 0. The molecule has 1 unspecified atom stereocenters. The van der Waals surface area contributed by atoms with Gasteiger partial charge in [0.25, 0.3) is 5.91 Å². The number of hydrogen-bond donors (Lipinski definition) is 2. The van der Waals surface area contributed by atoms with Gasteiger partial charge in [0, 0.05) is 24.7 Å². The number of rotatable bonds is 3. The van der Waals surface area contributed by atoms with E-state index in [9.17, 15) is 9.90 Å². The number of nitrogens with zero attached hydrogens (tertiary/aromatic N) is 2. The molecule has 2 N–H and O–H groups in total. The van der Waals surface area contributed by atoms with Crippen molar-refractivity contribution < 1.29 is 9.90 Å². The largest absolute Gasteiger partial charge is 0.392 e. The molecular weight excluding hydrogens is 370 g/mol. The number of aromatic nitrogens is 1. The van der Waals surface area contributed by atoms with Crippen LogP contribution in [0.1, 0.15) is 31.0 Å². The molecule has 0 radical (unpaired) electrons. The van der Waals surface area contributed by atoms with Crippen molar-refractivity contribution in [2.75, 3.05) is 6.54 Å². The number of aliphatic hydroxyl groups is 1. The van der Waals surface area contributed by atoms with Crippen molar-refractivity contribution in [3.63, 3.8) is 0 Å². The summed E-state index contributed by atoms with van der Waals surface area (Å²) in [5.41, 5.74) is 5.24. The Kier molecular flexibility index (Phi) is 5.30. The summed E-state index contributed by atoms with van der Waals surface area (Å²) in [7, 11) is 0. The van der Waals surface area contributed by atoms with E-state index in [1.807, 2.05) is 31.5 Å². The van der Waals surface area contributed by atoms with E-state index in [0.29, 0.717) is 19.4 Å². The van der Waals surface area contributed by atoms with E-state index in [1.165, 1.54) is 0 Å². The van der Waals surface area contributed by atoms with E-state index >= 15 is 0 Å². The second-order valence-electron chi connectivity index (χ2n) is 7.11. The van der Waals surface area contributed by atoms with Gasteiger partial charge in [-0.2, -0.15) is 0 Å². The molecule has 138 valence electrons. The maximum atomic E-state index is 12.6. The fraction of sp³-hybridized carbons (Fsp3) is 0.421. The molecule has 0 bridgehead atoms. The number of β-amino-alcohol motifs (C(OH)–C–C–N with tert-alkyl or cyclic N) is 1. The van der Waals surface area contributed by atoms with Crippen molar-refractivity contribution in [3.8, 4) is 10.4 Å². The first-order chi connectivity index (χ1) is 12.0. The van der Waals surface area contributed by atoms with Crippen molar-refractivity contribution in [2.24, 2.45) is 4.99 Å². The Labute approximate surface area is 163 Å². The van der Waals surface area contributed by atoms with Crippen LogP contribution in [0, 0.1) is 6.92 Å². The number of aryl methyl sites for hydroxylation is 1. The molecule has 4 rings (SSSR count). The van der Waals surface area contributed by atoms with Gasteiger partial charge in [-0.25, -0.2) is 9.98 Å². The van der Waals surface area contributed by atoms with Gasteiger partial charge in [-0.05, 0) is 31.4 Å². The third-order valence-electron chi connectivity index (χ3n) is 5.29. The van der Waals surface area contributed by atoms with Crippen LogP contribution in [-0.2, 0) is 10.2 Å². The van der Waals surface area contributed by atoms with Crippen LogP contribution in [0.3, 0.4) is 0 Å². The molecule has 2 aromatic rings. The Hall–Kier alpha value is -1.60. The van der Waals surface area contributed by atoms with Crippen LogP contribution in [-0.4, -0.2) is 40.4 Å². The smallest absolute Gasteiger partial charge is 0.256 e. The van der Waals surface area contributed by atoms with Crippen LogP contribution in [0.25, 0.3) is 10.4 Å². The molecule has 2 aliphatic rings. The first kappa shape index (κ1) is 19.2. The molecule has 0 aliphatic carbocycles. The lowest BCUT2D eigenvalue weighted by Gasteiger charge is -2.22. The third-order valence-corrected chi connectivity index (χ3v) is 6.27. The first-order valence-corrected chi connectivity index (χ1v) is 9.39. The Balaban J connectivity index is 0.00000196. The van der Waals surface area contributed by atoms with Crippen LogP contribution in [0.5, 0.6) is 0 Å². The summed E-state index contributed by atoms with van der Waals surface area (Å²) in [6.45, 7) is 4.53. The fourth-order valence-electron chi connectivity index (χ4n) is 3.70. The number of carbonyl (C=O) groups is 1. The zero-order chi connectivity index (χ0) is 17.6. The maximum absolute atomic E-state index is 12.6. The lowest BCUT2D eigenvalue weighted by atomic mass is 9.78. The minimum Gasteiger partial charge on any atom is -0.392 e. The molecule has 1 amide bonds. The maximum Gasteiger partial charge on any atom is 0.256 e. The van der Waals surface area contributed by atoms with Gasteiger partial charge in [-0.15, -0.1) is 23.7 Å². The SMILES string of the molecule is Cc1ncsc1-c1ccc([C@@]2(C)CC(C3C[C@@H](O)CN3)=NC2=O)cc1.Cl. The van der Waals surface area contributed by atoms with Gasteiger partial charge in [0.05, 0.1) is 27.6 Å². The van der Waals surface area contributed by atoms with E-state index in [-0.39, 0.29) is 30.5 Å². The standard InChI is InChI=1S/C19H21N3O2S.ClH/c1-11-17(25-10-21-11)12-3-5-13(6-4-12)19(2)8-16(22-18(19)24)15-7-14(23)9-20-15;/h3-6,10,14-15,20,23H,7-9H2,1-2H3;1H/t14-,15?,19-;/m1./s1. The van der Waals surface area contributed by atoms with E-state index < -0.39 is 5.41 Å². The summed E-state index contributed by atoms with van der Waals surface area (Å²) in [6.07, 6.45) is 0.887. The highest BCUT2D eigenvalue weighted by Crippen LogP contribution is 2.37. The van der Waals surface area contributed by atoms with Gasteiger partial charge in [0.15, 0.2) is 0 Å². The zero-order valence-electron chi connectivity index (χ0n) is 14.7. The average Bonchev–Trinajstić information content (AvgIpc) is 3.29. The Bertz CT molecular complexity index is 849. The second-order valence-corrected chi connectivity index (χ2v) is 7.97. The van der Waals surface area contributed by atoms with E-state index in [2.05, 4.69) is 27.4 Å². The molecule has 3 heterocycles. The van der Waals surface area contributed by atoms with E-state index in [1.54, 1.807) is 11.3 Å². The van der Waals surface area contributed by atoms with Crippen molar-refractivity contribution in [3.05, 3.63) is 41.0 Å². The zero-order valence-corrected chi connectivity index (χ0v) is 16.4. The molecule has 0 saturated carbocycles. The molecule has 5 nitrogen and oxygen atoms in total. The molecule has 1 fully saturated rings. The topological polar surface area (TPSA) is 74.6 Å². The highest BCUT2D eigenvalue weighted by molar-refractivity contribution is 7.13. The normalized spacial score (nSPS) is 28.1. The molecule has 3 atom stereocenters. The third kappa shape index (κ3) is 3.22. The number of nitrogens with one attached hydrogen (secondary N) is 1. The Morgan fingerprint density at radius 2 is 2.04 bits per heavy atom. The molecule has 2 aliphatic heterocycles.